The SMILES string of the molecule is CCNCC(O)CN1C(C)CCC1CC. The second-order valence-corrected chi connectivity index (χ2v) is 4.65. The maximum atomic E-state index is 9.87. The molecule has 0 amide bonds. The molecule has 0 aromatic carbocycles. The molecule has 1 aliphatic heterocycles. The second kappa shape index (κ2) is 6.46. The molecule has 0 saturated carbocycles. The largest absolute Gasteiger partial charge is 0.390 e. The number of likely N-dealkylation sites (tertiary alicyclic amines) is 1. The molecule has 90 valence electrons. The first-order valence-electron chi connectivity index (χ1n) is 6.33. The topological polar surface area (TPSA) is 35.5 Å². The fourth-order valence-corrected chi connectivity index (χ4v) is 2.51. The maximum Gasteiger partial charge on any atom is 0.0791 e. The van der Waals surface area contributed by atoms with Crippen LogP contribution >= 0.6 is 0 Å². The Labute approximate surface area is 93.9 Å². The van der Waals surface area contributed by atoms with E-state index >= 15 is 0 Å². The van der Waals surface area contributed by atoms with Crippen molar-refractivity contribution in [1.29, 1.82) is 0 Å². The number of aliphatic hydroxyl groups excluding tert-OH is 1. The molecule has 1 fully saturated rings. The van der Waals surface area contributed by atoms with Crippen molar-refractivity contribution in [2.45, 2.75) is 58.2 Å². The molecule has 1 aliphatic rings. The predicted molar refractivity (Wildman–Crippen MR) is 64.0 cm³/mol. The number of hydrogen-bond donors (Lipinski definition) is 2. The first-order chi connectivity index (χ1) is 7.19. The summed E-state index contributed by atoms with van der Waals surface area (Å²) in [4.78, 5) is 2.47. The minimum absolute atomic E-state index is 0.223. The third-order valence-electron chi connectivity index (χ3n) is 3.48. The molecule has 1 heterocycles. The number of likely N-dealkylation sites (N-methyl/N-ethyl adjacent to an activating group) is 1. The maximum absolute atomic E-state index is 9.87. The molecule has 0 spiro atoms. The van der Waals surface area contributed by atoms with Crippen molar-refractivity contribution < 1.29 is 5.11 Å². The summed E-state index contributed by atoms with van der Waals surface area (Å²) in [7, 11) is 0. The summed E-state index contributed by atoms with van der Waals surface area (Å²) in [5.41, 5.74) is 0. The lowest BCUT2D eigenvalue weighted by atomic mass is 10.1. The molecule has 1 saturated heterocycles. The molecule has 0 aromatic heterocycles. The molecule has 0 aliphatic carbocycles. The minimum Gasteiger partial charge on any atom is -0.390 e. The van der Waals surface area contributed by atoms with Gasteiger partial charge in [-0.15, -0.1) is 0 Å². The molecule has 3 atom stereocenters. The molecule has 3 heteroatoms. The lowest BCUT2D eigenvalue weighted by molar-refractivity contribution is 0.0858. The third-order valence-corrected chi connectivity index (χ3v) is 3.48. The van der Waals surface area contributed by atoms with Crippen LogP contribution in [0.15, 0.2) is 0 Å². The molecule has 0 radical (unpaired) electrons. The van der Waals surface area contributed by atoms with E-state index in [1.165, 1.54) is 19.3 Å². The Morgan fingerprint density at radius 1 is 1.40 bits per heavy atom. The summed E-state index contributed by atoms with van der Waals surface area (Å²) in [6.45, 7) is 9.06. The van der Waals surface area contributed by atoms with Gasteiger partial charge in [0.2, 0.25) is 0 Å². The van der Waals surface area contributed by atoms with Crippen molar-refractivity contribution in [3.63, 3.8) is 0 Å². The summed E-state index contributed by atoms with van der Waals surface area (Å²) >= 11 is 0. The highest BCUT2D eigenvalue weighted by molar-refractivity contribution is 4.85. The Balaban J connectivity index is 2.34. The van der Waals surface area contributed by atoms with Crippen LogP contribution < -0.4 is 5.32 Å². The zero-order valence-electron chi connectivity index (χ0n) is 10.4. The van der Waals surface area contributed by atoms with E-state index < -0.39 is 0 Å². The standard InChI is InChI=1S/C12H26N2O/c1-4-11-7-6-10(3)14(11)9-12(15)8-13-5-2/h10-13,15H,4-9H2,1-3H3. The molecule has 0 bridgehead atoms. The Kier molecular flexibility index (Phi) is 5.58. The van der Waals surface area contributed by atoms with E-state index in [4.69, 9.17) is 0 Å². The quantitative estimate of drug-likeness (QED) is 0.698. The van der Waals surface area contributed by atoms with E-state index in [0.717, 1.165) is 19.6 Å². The smallest absolute Gasteiger partial charge is 0.0791 e. The van der Waals surface area contributed by atoms with Crippen LogP contribution in [0, 0.1) is 0 Å². The fourth-order valence-electron chi connectivity index (χ4n) is 2.51. The number of nitrogens with one attached hydrogen (secondary N) is 1. The number of nitrogens with zero attached hydrogens (tertiary/aromatic N) is 1. The summed E-state index contributed by atoms with van der Waals surface area (Å²) in [5, 5.41) is 13.1. The Morgan fingerprint density at radius 2 is 2.13 bits per heavy atom. The van der Waals surface area contributed by atoms with Crippen molar-refractivity contribution in [1.82, 2.24) is 10.2 Å². The van der Waals surface area contributed by atoms with Crippen LogP contribution in [0.2, 0.25) is 0 Å². The molecular weight excluding hydrogens is 188 g/mol. The van der Waals surface area contributed by atoms with Crippen molar-refractivity contribution in [3.8, 4) is 0 Å². The predicted octanol–water partition coefficient (Wildman–Crippen LogP) is 1.22. The van der Waals surface area contributed by atoms with Gasteiger partial charge in [0.05, 0.1) is 6.10 Å². The highest BCUT2D eigenvalue weighted by atomic mass is 16.3. The van der Waals surface area contributed by atoms with Crippen LogP contribution in [0.1, 0.15) is 40.0 Å². The highest BCUT2D eigenvalue weighted by Gasteiger charge is 2.30. The average Bonchev–Trinajstić information content (AvgIpc) is 2.57. The third kappa shape index (κ3) is 3.74. The fraction of sp³-hybridized carbons (Fsp3) is 1.00. The van der Waals surface area contributed by atoms with Crippen LogP contribution in [0.25, 0.3) is 0 Å². The van der Waals surface area contributed by atoms with E-state index in [9.17, 15) is 5.11 Å². The summed E-state index contributed by atoms with van der Waals surface area (Å²) in [6.07, 6.45) is 3.57. The van der Waals surface area contributed by atoms with Crippen molar-refractivity contribution in [2.75, 3.05) is 19.6 Å². The van der Waals surface area contributed by atoms with E-state index in [-0.39, 0.29) is 6.10 Å². The zero-order valence-corrected chi connectivity index (χ0v) is 10.4. The lowest BCUT2D eigenvalue weighted by Crippen LogP contribution is -2.43. The van der Waals surface area contributed by atoms with Gasteiger partial charge in [-0.3, -0.25) is 4.90 Å². The van der Waals surface area contributed by atoms with Gasteiger partial charge < -0.3 is 10.4 Å². The van der Waals surface area contributed by atoms with Crippen LogP contribution in [0.4, 0.5) is 0 Å². The van der Waals surface area contributed by atoms with Gasteiger partial charge in [0.1, 0.15) is 0 Å². The van der Waals surface area contributed by atoms with Gasteiger partial charge in [-0.05, 0) is 32.7 Å². The molecule has 3 nitrogen and oxygen atoms in total. The molecular formula is C12H26N2O. The molecule has 3 unspecified atom stereocenters. The van der Waals surface area contributed by atoms with E-state index in [1.54, 1.807) is 0 Å². The van der Waals surface area contributed by atoms with Gasteiger partial charge in [-0.2, -0.15) is 0 Å². The lowest BCUT2D eigenvalue weighted by Gasteiger charge is -2.29. The number of β-amino-alcohol motifs (C(OH)–C–C–N with tert-alkyl or cyclic N) is 1. The van der Waals surface area contributed by atoms with Gasteiger partial charge >= 0.3 is 0 Å². The molecule has 1 rings (SSSR count). The van der Waals surface area contributed by atoms with Crippen LogP contribution in [0.5, 0.6) is 0 Å². The average molecular weight is 214 g/mol. The van der Waals surface area contributed by atoms with Gasteiger partial charge in [0.25, 0.3) is 0 Å². The zero-order chi connectivity index (χ0) is 11.3. The van der Waals surface area contributed by atoms with Crippen molar-refractivity contribution in [2.24, 2.45) is 0 Å². The van der Waals surface area contributed by atoms with Crippen LogP contribution in [-0.2, 0) is 0 Å². The van der Waals surface area contributed by atoms with Gasteiger partial charge in [0, 0.05) is 25.2 Å². The van der Waals surface area contributed by atoms with Crippen LogP contribution in [-0.4, -0.2) is 47.8 Å². The van der Waals surface area contributed by atoms with Gasteiger partial charge in [0.15, 0.2) is 0 Å². The number of rotatable bonds is 6. The Hall–Kier alpha value is -0.120. The van der Waals surface area contributed by atoms with E-state index in [1.807, 2.05) is 0 Å². The summed E-state index contributed by atoms with van der Waals surface area (Å²) in [6, 6.07) is 1.34. The molecule has 0 aromatic rings. The highest BCUT2D eigenvalue weighted by Crippen LogP contribution is 2.25. The first-order valence-corrected chi connectivity index (χ1v) is 6.33. The second-order valence-electron chi connectivity index (χ2n) is 4.65. The van der Waals surface area contributed by atoms with E-state index in [0.29, 0.717) is 12.1 Å². The minimum atomic E-state index is -0.223. The molecule has 2 N–H and O–H groups in total. The Bertz CT molecular complexity index is 175. The summed E-state index contributed by atoms with van der Waals surface area (Å²) in [5.74, 6) is 0. The Morgan fingerprint density at radius 3 is 2.73 bits per heavy atom. The van der Waals surface area contributed by atoms with Gasteiger partial charge in [-0.25, -0.2) is 0 Å². The van der Waals surface area contributed by atoms with Gasteiger partial charge in [-0.1, -0.05) is 13.8 Å². The first kappa shape index (κ1) is 12.9. The van der Waals surface area contributed by atoms with E-state index in [2.05, 4.69) is 31.0 Å². The molecule has 15 heavy (non-hydrogen) atoms. The number of hydrogen-bond acceptors (Lipinski definition) is 3. The monoisotopic (exact) mass is 214 g/mol. The normalized spacial score (nSPS) is 29.6. The van der Waals surface area contributed by atoms with Crippen LogP contribution in [0.3, 0.4) is 0 Å². The summed E-state index contributed by atoms with van der Waals surface area (Å²) < 4.78 is 0. The number of aliphatic hydroxyl groups is 1. The van der Waals surface area contributed by atoms with Crippen molar-refractivity contribution in [3.05, 3.63) is 0 Å². The van der Waals surface area contributed by atoms with Crippen molar-refractivity contribution >= 4 is 0 Å².